The third kappa shape index (κ3) is 5.70. The molecule has 0 aromatic rings. The van der Waals surface area contributed by atoms with E-state index in [2.05, 4.69) is 13.8 Å². The van der Waals surface area contributed by atoms with Crippen molar-refractivity contribution >= 4 is 6.09 Å². The number of carbonyl (C=O) groups excluding carboxylic acids is 1. The van der Waals surface area contributed by atoms with Gasteiger partial charge in [0.05, 0.1) is 6.10 Å². The number of rotatable bonds is 3. The van der Waals surface area contributed by atoms with E-state index in [1.54, 1.807) is 6.92 Å². The second-order valence-corrected chi connectivity index (χ2v) is 7.89. The molecule has 0 spiro atoms. The fourth-order valence-electron chi connectivity index (χ4n) is 2.65. The molecule has 20 heavy (non-hydrogen) atoms. The lowest BCUT2D eigenvalue weighted by molar-refractivity contribution is -0.0107. The van der Waals surface area contributed by atoms with Gasteiger partial charge in [-0.2, -0.15) is 0 Å². The first-order valence-corrected chi connectivity index (χ1v) is 7.68. The number of likely N-dealkylation sites (tertiary alicyclic amines) is 1. The summed E-state index contributed by atoms with van der Waals surface area (Å²) in [6.45, 7) is 12.6. The van der Waals surface area contributed by atoms with Crippen LogP contribution in [0.25, 0.3) is 0 Å². The van der Waals surface area contributed by atoms with Crippen LogP contribution in [0.1, 0.15) is 67.2 Å². The van der Waals surface area contributed by atoms with Crippen LogP contribution < -0.4 is 0 Å². The summed E-state index contributed by atoms with van der Waals surface area (Å²) in [7, 11) is 0. The van der Waals surface area contributed by atoms with Crippen LogP contribution in [0.2, 0.25) is 0 Å². The van der Waals surface area contributed by atoms with Crippen molar-refractivity contribution < 1.29 is 14.6 Å². The predicted octanol–water partition coefficient (Wildman–Crippen LogP) is 3.57. The third-order valence-electron chi connectivity index (χ3n) is 3.74. The zero-order valence-electron chi connectivity index (χ0n) is 13.9. The van der Waals surface area contributed by atoms with E-state index in [1.807, 2.05) is 25.7 Å². The smallest absolute Gasteiger partial charge is 0.410 e. The van der Waals surface area contributed by atoms with Crippen LogP contribution in [0.4, 0.5) is 4.79 Å². The van der Waals surface area contributed by atoms with Crippen molar-refractivity contribution in [3.05, 3.63) is 0 Å². The molecule has 4 nitrogen and oxygen atoms in total. The molecule has 1 amide bonds. The van der Waals surface area contributed by atoms with Gasteiger partial charge in [-0.25, -0.2) is 4.79 Å². The Morgan fingerprint density at radius 1 is 1.45 bits per heavy atom. The molecule has 1 aliphatic heterocycles. The Bertz CT molecular complexity index is 329. The Morgan fingerprint density at radius 2 is 2.05 bits per heavy atom. The van der Waals surface area contributed by atoms with E-state index >= 15 is 0 Å². The minimum atomic E-state index is -0.465. The molecule has 0 aromatic carbocycles. The summed E-state index contributed by atoms with van der Waals surface area (Å²) in [5.41, 5.74) is -0.328. The normalized spacial score (nSPS) is 24.4. The molecule has 2 atom stereocenters. The summed E-state index contributed by atoms with van der Waals surface area (Å²) >= 11 is 0. The molecule has 0 aromatic heterocycles. The Morgan fingerprint density at radius 3 is 2.55 bits per heavy atom. The van der Waals surface area contributed by atoms with Crippen LogP contribution in [0.15, 0.2) is 0 Å². The van der Waals surface area contributed by atoms with E-state index in [-0.39, 0.29) is 23.7 Å². The molecule has 1 unspecified atom stereocenters. The summed E-state index contributed by atoms with van der Waals surface area (Å²) in [4.78, 5) is 14.3. The Kier molecular flexibility index (Phi) is 5.47. The summed E-state index contributed by atoms with van der Waals surface area (Å²) in [5.74, 6) is 0. The lowest BCUT2D eigenvalue weighted by Crippen LogP contribution is -2.51. The number of nitrogens with zero attached hydrogens (tertiary/aromatic N) is 1. The maximum atomic E-state index is 12.4. The van der Waals surface area contributed by atoms with Crippen molar-refractivity contribution in [3.8, 4) is 0 Å². The molecule has 1 aliphatic rings. The molecular weight excluding hydrogens is 254 g/mol. The number of ether oxygens (including phenoxy) is 1. The predicted molar refractivity (Wildman–Crippen MR) is 80.7 cm³/mol. The van der Waals surface area contributed by atoms with Crippen molar-refractivity contribution in [2.75, 3.05) is 6.54 Å². The summed E-state index contributed by atoms with van der Waals surface area (Å²) in [6.07, 6.45) is 3.12. The number of piperidine rings is 1. The molecule has 0 saturated carbocycles. The number of aliphatic hydroxyl groups excluding tert-OH is 1. The fraction of sp³-hybridized carbons (Fsp3) is 0.938. The molecule has 0 bridgehead atoms. The van der Waals surface area contributed by atoms with E-state index in [1.165, 1.54) is 0 Å². The number of carbonyl (C=O) groups is 1. The van der Waals surface area contributed by atoms with Crippen LogP contribution in [-0.4, -0.2) is 40.4 Å². The monoisotopic (exact) mass is 285 g/mol. The topological polar surface area (TPSA) is 49.8 Å². The van der Waals surface area contributed by atoms with E-state index in [9.17, 15) is 9.90 Å². The molecule has 4 heteroatoms. The first-order chi connectivity index (χ1) is 9.00. The molecule has 1 saturated heterocycles. The first kappa shape index (κ1) is 17.3. The number of amides is 1. The highest BCUT2D eigenvalue weighted by Crippen LogP contribution is 2.34. The maximum absolute atomic E-state index is 12.4. The highest BCUT2D eigenvalue weighted by molar-refractivity contribution is 5.68. The van der Waals surface area contributed by atoms with Crippen molar-refractivity contribution in [1.29, 1.82) is 0 Å². The fourth-order valence-corrected chi connectivity index (χ4v) is 2.65. The average molecular weight is 285 g/mol. The van der Waals surface area contributed by atoms with Gasteiger partial charge in [0.15, 0.2) is 0 Å². The van der Waals surface area contributed by atoms with Gasteiger partial charge in [-0.05, 0) is 58.8 Å². The molecular formula is C16H31NO3. The highest BCUT2D eigenvalue weighted by Gasteiger charge is 2.37. The minimum absolute atomic E-state index is 0.137. The van der Waals surface area contributed by atoms with Crippen molar-refractivity contribution in [2.45, 2.75) is 85.0 Å². The summed E-state index contributed by atoms with van der Waals surface area (Å²) in [5, 5.41) is 9.46. The van der Waals surface area contributed by atoms with Gasteiger partial charge >= 0.3 is 6.09 Å². The van der Waals surface area contributed by atoms with E-state index in [0.29, 0.717) is 0 Å². The SMILES string of the molecule is C[C@H](O)CCC1CCC(C)(C)CN1C(=O)OC(C)(C)C. The van der Waals surface area contributed by atoms with Crippen molar-refractivity contribution in [1.82, 2.24) is 4.90 Å². The van der Waals surface area contributed by atoms with Crippen LogP contribution in [-0.2, 0) is 4.74 Å². The van der Waals surface area contributed by atoms with Gasteiger partial charge in [-0.15, -0.1) is 0 Å². The quantitative estimate of drug-likeness (QED) is 0.862. The maximum Gasteiger partial charge on any atom is 0.410 e. The number of aliphatic hydroxyl groups is 1. The summed E-state index contributed by atoms with van der Waals surface area (Å²) < 4.78 is 5.53. The van der Waals surface area contributed by atoms with E-state index in [0.717, 1.165) is 32.2 Å². The Balaban J connectivity index is 2.74. The second-order valence-electron chi connectivity index (χ2n) is 7.89. The second kappa shape index (κ2) is 6.33. The first-order valence-electron chi connectivity index (χ1n) is 7.68. The molecule has 1 heterocycles. The Labute approximate surface area is 123 Å². The molecule has 1 N–H and O–H groups in total. The van der Waals surface area contributed by atoms with Gasteiger partial charge in [-0.1, -0.05) is 13.8 Å². The van der Waals surface area contributed by atoms with Crippen molar-refractivity contribution in [3.63, 3.8) is 0 Å². The van der Waals surface area contributed by atoms with Gasteiger partial charge in [0, 0.05) is 12.6 Å². The van der Waals surface area contributed by atoms with Crippen LogP contribution in [0.5, 0.6) is 0 Å². The van der Waals surface area contributed by atoms with Gasteiger partial charge < -0.3 is 14.7 Å². The zero-order chi connectivity index (χ0) is 15.6. The molecule has 0 aliphatic carbocycles. The minimum Gasteiger partial charge on any atom is -0.444 e. The van der Waals surface area contributed by atoms with Crippen LogP contribution in [0.3, 0.4) is 0 Å². The standard InChI is InChI=1S/C16H31NO3/c1-12(18)7-8-13-9-10-16(5,6)11-17(13)14(19)20-15(2,3)4/h12-13,18H,7-11H2,1-6H3/t12-,13?/m0/s1. The lowest BCUT2D eigenvalue weighted by atomic mass is 9.80. The van der Waals surface area contributed by atoms with Gasteiger partial charge in [-0.3, -0.25) is 0 Å². The van der Waals surface area contributed by atoms with Gasteiger partial charge in [0.1, 0.15) is 5.60 Å². The van der Waals surface area contributed by atoms with Crippen molar-refractivity contribution in [2.24, 2.45) is 5.41 Å². The number of hydrogen-bond donors (Lipinski definition) is 1. The summed E-state index contributed by atoms with van der Waals surface area (Å²) in [6, 6.07) is 0.187. The van der Waals surface area contributed by atoms with Gasteiger partial charge in [0.25, 0.3) is 0 Å². The number of hydrogen-bond acceptors (Lipinski definition) is 3. The van der Waals surface area contributed by atoms with Crippen LogP contribution >= 0.6 is 0 Å². The Hall–Kier alpha value is -0.770. The zero-order valence-corrected chi connectivity index (χ0v) is 13.9. The third-order valence-corrected chi connectivity index (χ3v) is 3.74. The molecule has 1 rings (SSSR count). The largest absolute Gasteiger partial charge is 0.444 e. The van der Waals surface area contributed by atoms with Gasteiger partial charge in [0.2, 0.25) is 0 Å². The lowest BCUT2D eigenvalue weighted by Gasteiger charge is -2.44. The highest BCUT2D eigenvalue weighted by atomic mass is 16.6. The van der Waals surface area contributed by atoms with E-state index < -0.39 is 5.60 Å². The average Bonchev–Trinajstić information content (AvgIpc) is 2.23. The molecule has 1 fully saturated rings. The molecule has 0 radical (unpaired) electrons. The molecule has 118 valence electrons. The van der Waals surface area contributed by atoms with Crippen LogP contribution in [0, 0.1) is 5.41 Å². The van der Waals surface area contributed by atoms with E-state index in [4.69, 9.17) is 4.74 Å².